The molecule has 1 fully saturated rings. The molecule has 0 spiro atoms. The number of rotatable bonds is 7. The molecule has 1 aliphatic heterocycles. The fourth-order valence-corrected chi connectivity index (χ4v) is 5.16. The van der Waals surface area contributed by atoms with Gasteiger partial charge in [0.25, 0.3) is 0 Å². The number of thiazole rings is 1. The summed E-state index contributed by atoms with van der Waals surface area (Å²) in [5.41, 5.74) is 3.36. The topological polar surface area (TPSA) is 153 Å². The number of aliphatic carboxylic acids is 1. The fraction of sp³-hybridized carbons (Fsp3) is 0.346. The zero-order valence-electron chi connectivity index (χ0n) is 21.7. The molecule has 3 heterocycles. The lowest BCUT2D eigenvalue weighted by atomic mass is 10.0. The van der Waals surface area contributed by atoms with Crippen LogP contribution in [0.3, 0.4) is 0 Å². The standard InChI is InChI=1S/C24H25N5O4S.C2HF3O2/c1-28(22(31)10-15-5-6-21-19(9-15)26-24(32)34-21)20(13-29-8-7-18(30)12-29)16-3-2-4-17(11-16)23-25-14-33-27-23;3-2(4,5)1(6)7/h2-6,9,11,14,18,20,30H,7-8,10,12-13H2,1H3,(H,26,32);(H,6,7)/t18-,20?;/m0./s1. The summed E-state index contributed by atoms with van der Waals surface area (Å²) < 4.78 is 37.5. The molecule has 0 bridgehead atoms. The van der Waals surface area contributed by atoms with Gasteiger partial charge in [-0.2, -0.15) is 18.2 Å². The van der Waals surface area contributed by atoms with E-state index in [1.807, 2.05) is 49.5 Å². The summed E-state index contributed by atoms with van der Waals surface area (Å²) >= 11 is 1.16. The number of halogens is 3. The van der Waals surface area contributed by atoms with Gasteiger partial charge >= 0.3 is 17.0 Å². The highest BCUT2D eigenvalue weighted by Gasteiger charge is 2.38. The van der Waals surface area contributed by atoms with Crippen molar-refractivity contribution in [1.82, 2.24) is 24.9 Å². The van der Waals surface area contributed by atoms with Crippen molar-refractivity contribution in [1.29, 1.82) is 0 Å². The summed E-state index contributed by atoms with van der Waals surface area (Å²) in [4.78, 5) is 44.7. The van der Waals surface area contributed by atoms with Gasteiger partial charge in [0.05, 0.1) is 28.8 Å². The Labute approximate surface area is 234 Å². The monoisotopic (exact) mass is 593 g/mol. The van der Waals surface area contributed by atoms with Crippen LogP contribution >= 0.6 is 11.3 Å². The molecule has 41 heavy (non-hydrogen) atoms. The van der Waals surface area contributed by atoms with Crippen molar-refractivity contribution in [3.05, 3.63) is 69.7 Å². The lowest BCUT2D eigenvalue weighted by Crippen LogP contribution is -2.39. The normalized spacial score (nSPS) is 16.3. The molecule has 0 aliphatic carbocycles. The minimum absolute atomic E-state index is 0.0355. The van der Waals surface area contributed by atoms with Crippen LogP contribution in [0.4, 0.5) is 13.2 Å². The Balaban J connectivity index is 0.000000493. The zero-order chi connectivity index (χ0) is 29.7. The van der Waals surface area contributed by atoms with Crippen molar-refractivity contribution >= 4 is 33.4 Å². The highest BCUT2D eigenvalue weighted by molar-refractivity contribution is 7.16. The second kappa shape index (κ2) is 12.6. The molecule has 0 radical (unpaired) electrons. The smallest absolute Gasteiger partial charge is 0.475 e. The van der Waals surface area contributed by atoms with Crippen molar-refractivity contribution in [2.24, 2.45) is 0 Å². The maximum Gasteiger partial charge on any atom is 0.490 e. The number of carboxylic acid groups (broad SMARTS) is 1. The number of carbonyl (C=O) groups excluding carboxylic acids is 1. The van der Waals surface area contributed by atoms with Crippen molar-refractivity contribution in [2.45, 2.75) is 31.2 Å². The molecule has 3 N–H and O–H groups in total. The molecule has 11 nitrogen and oxygen atoms in total. The van der Waals surface area contributed by atoms with Crippen molar-refractivity contribution in [3.63, 3.8) is 0 Å². The molecule has 1 saturated heterocycles. The summed E-state index contributed by atoms with van der Waals surface area (Å²) in [5.74, 6) is -2.30. The van der Waals surface area contributed by atoms with Crippen molar-refractivity contribution in [2.75, 3.05) is 26.7 Å². The lowest BCUT2D eigenvalue weighted by molar-refractivity contribution is -0.192. The number of nitrogens with one attached hydrogen (secondary N) is 1. The molecular formula is C26H26F3N5O6S. The number of benzene rings is 2. The van der Waals surface area contributed by atoms with Gasteiger partial charge in [0.2, 0.25) is 18.1 Å². The molecule has 15 heteroatoms. The number of β-amino-alcohol motifs (C(OH)–C–C–N with tert-alkyl or cyclic N) is 1. The van der Waals surface area contributed by atoms with Gasteiger partial charge in [0.15, 0.2) is 0 Å². The number of hydrogen-bond acceptors (Lipinski definition) is 9. The van der Waals surface area contributed by atoms with E-state index in [-0.39, 0.29) is 29.3 Å². The molecular weight excluding hydrogens is 567 g/mol. The third kappa shape index (κ3) is 7.77. The molecule has 2 atom stereocenters. The number of carbonyl (C=O) groups is 2. The predicted octanol–water partition coefficient (Wildman–Crippen LogP) is 3.08. The lowest BCUT2D eigenvalue weighted by Gasteiger charge is -2.32. The van der Waals surface area contributed by atoms with E-state index in [0.717, 1.165) is 51.2 Å². The van der Waals surface area contributed by atoms with E-state index in [2.05, 4.69) is 20.0 Å². The molecule has 2 aromatic carbocycles. The average molecular weight is 594 g/mol. The molecule has 0 saturated carbocycles. The first-order valence-corrected chi connectivity index (χ1v) is 13.2. The van der Waals surface area contributed by atoms with Gasteiger partial charge in [-0.15, -0.1) is 0 Å². The molecule has 1 amide bonds. The molecule has 218 valence electrons. The number of carboxylic acids is 1. The molecule has 5 rings (SSSR count). The molecule has 1 unspecified atom stereocenters. The second-order valence-corrected chi connectivity index (χ2v) is 10.4. The van der Waals surface area contributed by atoms with E-state index < -0.39 is 12.1 Å². The van der Waals surface area contributed by atoms with Crippen LogP contribution in [0.2, 0.25) is 0 Å². The van der Waals surface area contributed by atoms with Gasteiger partial charge < -0.3 is 24.6 Å². The third-order valence-electron chi connectivity index (χ3n) is 6.51. The zero-order valence-corrected chi connectivity index (χ0v) is 22.5. The predicted molar refractivity (Wildman–Crippen MR) is 142 cm³/mol. The van der Waals surface area contributed by atoms with Crippen LogP contribution < -0.4 is 4.87 Å². The Kier molecular flexibility index (Phi) is 9.20. The van der Waals surface area contributed by atoms with E-state index >= 15 is 0 Å². The van der Waals surface area contributed by atoms with E-state index in [1.165, 1.54) is 6.39 Å². The SMILES string of the molecule is CN(C(=O)Cc1ccc2sc(=O)[nH]c2c1)C(CN1CC[C@H](O)C1)c1cccc(-c2ncon2)c1.O=C(O)C(F)(F)F. The fourth-order valence-electron chi connectivity index (χ4n) is 4.44. The number of hydrogen-bond donors (Lipinski definition) is 3. The summed E-state index contributed by atoms with van der Waals surface area (Å²) in [5, 5.41) is 21.1. The first kappa shape index (κ1) is 29.9. The Morgan fingerprint density at radius 2 is 2.02 bits per heavy atom. The minimum atomic E-state index is -5.08. The van der Waals surface area contributed by atoms with Crippen molar-refractivity contribution < 1.29 is 37.5 Å². The Morgan fingerprint density at radius 1 is 1.27 bits per heavy atom. The summed E-state index contributed by atoms with van der Waals surface area (Å²) in [6, 6.07) is 13.2. The van der Waals surface area contributed by atoms with Crippen LogP contribution in [-0.2, 0) is 16.0 Å². The van der Waals surface area contributed by atoms with Crippen LogP contribution in [0, 0.1) is 0 Å². The van der Waals surface area contributed by atoms with E-state index in [4.69, 9.17) is 14.4 Å². The maximum atomic E-state index is 13.4. The van der Waals surface area contributed by atoms with Gasteiger partial charge in [0, 0.05) is 32.2 Å². The van der Waals surface area contributed by atoms with Gasteiger partial charge in [-0.3, -0.25) is 14.5 Å². The number of aliphatic hydroxyl groups is 1. The Bertz CT molecular complexity index is 1550. The molecule has 2 aromatic heterocycles. The van der Waals surface area contributed by atoms with Gasteiger partial charge in [0.1, 0.15) is 0 Å². The summed E-state index contributed by atoms with van der Waals surface area (Å²) in [6.45, 7) is 1.98. The number of nitrogens with zero attached hydrogens (tertiary/aromatic N) is 4. The Hall–Kier alpha value is -4.08. The highest BCUT2D eigenvalue weighted by Crippen LogP contribution is 2.27. The van der Waals surface area contributed by atoms with E-state index in [9.17, 15) is 27.9 Å². The maximum absolute atomic E-state index is 13.4. The molecule has 4 aromatic rings. The number of fused-ring (bicyclic) bond motifs is 1. The number of alkyl halides is 3. The van der Waals surface area contributed by atoms with Crippen LogP contribution in [-0.4, -0.2) is 86.0 Å². The van der Waals surface area contributed by atoms with Crippen LogP contribution in [0.25, 0.3) is 21.6 Å². The second-order valence-electron chi connectivity index (χ2n) is 9.43. The number of amides is 1. The third-order valence-corrected chi connectivity index (χ3v) is 7.38. The number of H-pyrrole nitrogens is 1. The van der Waals surface area contributed by atoms with E-state index in [1.54, 1.807) is 4.90 Å². The molecule has 1 aliphatic rings. The van der Waals surface area contributed by atoms with Gasteiger partial charge in [-0.25, -0.2) is 4.79 Å². The largest absolute Gasteiger partial charge is 0.490 e. The quantitative estimate of drug-likeness (QED) is 0.293. The number of aliphatic hydroxyl groups excluding tert-OH is 1. The summed E-state index contributed by atoms with van der Waals surface area (Å²) in [6.07, 6.45) is -3.19. The first-order valence-electron chi connectivity index (χ1n) is 12.4. The van der Waals surface area contributed by atoms with Gasteiger partial charge in [-0.1, -0.05) is 40.8 Å². The summed E-state index contributed by atoms with van der Waals surface area (Å²) in [7, 11) is 1.81. The first-order chi connectivity index (χ1) is 19.4. The van der Waals surface area contributed by atoms with E-state index in [0.29, 0.717) is 18.9 Å². The minimum Gasteiger partial charge on any atom is -0.475 e. The van der Waals surface area contributed by atoms with Crippen LogP contribution in [0.5, 0.6) is 0 Å². The van der Waals surface area contributed by atoms with Crippen LogP contribution in [0.15, 0.2) is 58.2 Å². The number of aromatic nitrogens is 3. The number of likely N-dealkylation sites (N-methyl/N-ethyl adjacent to an activating group) is 1. The van der Waals surface area contributed by atoms with Gasteiger partial charge in [-0.05, 0) is 35.7 Å². The average Bonchev–Trinajstić information content (AvgIpc) is 3.67. The van der Waals surface area contributed by atoms with Crippen LogP contribution in [0.1, 0.15) is 23.6 Å². The highest BCUT2D eigenvalue weighted by atomic mass is 32.1. The number of likely N-dealkylation sites (tertiary alicyclic amines) is 1. The Morgan fingerprint density at radius 3 is 2.66 bits per heavy atom. The number of aromatic amines is 1. The van der Waals surface area contributed by atoms with Crippen molar-refractivity contribution in [3.8, 4) is 11.4 Å².